The number of nitrogens with zero attached hydrogens (tertiary/aromatic N) is 2. The van der Waals surface area contributed by atoms with Crippen LogP contribution in [0.5, 0.6) is 0 Å². The summed E-state index contributed by atoms with van der Waals surface area (Å²) >= 11 is 0. The molecule has 0 amide bonds. The average molecular weight is 495 g/mol. The lowest BCUT2D eigenvalue weighted by molar-refractivity contribution is 0.0381. The number of hydrogen-bond acceptors (Lipinski definition) is 7. The summed E-state index contributed by atoms with van der Waals surface area (Å²) in [7, 11) is 0. The fraction of sp³-hybridized carbons (Fsp3) is 0.444. The lowest BCUT2D eigenvalue weighted by Crippen LogP contribution is -2.38. The molecule has 0 aromatic heterocycles. The van der Waals surface area contributed by atoms with Crippen molar-refractivity contribution in [3.8, 4) is 11.1 Å². The molecule has 36 heavy (non-hydrogen) atoms. The van der Waals surface area contributed by atoms with E-state index in [1.54, 1.807) is 6.07 Å². The highest BCUT2D eigenvalue weighted by atomic mass is 16.5. The Bertz CT molecular complexity index is 1200. The van der Waals surface area contributed by atoms with E-state index in [-0.39, 0.29) is 16.9 Å². The van der Waals surface area contributed by atoms with Crippen molar-refractivity contribution in [2.45, 2.75) is 12.8 Å². The number of hydrogen-bond donors (Lipinski definition) is 2. The van der Waals surface area contributed by atoms with Gasteiger partial charge in [-0.15, -0.1) is 0 Å². The monoisotopic (exact) mass is 494 g/mol. The lowest BCUT2D eigenvalue weighted by Gasteiger charge is -2.28. The Hall–Kier alpha value is -3.11. The third kappa shape index (κ3) is 4.79. The molecular formula is C27H30N2O7. The van der Waals surface area contributed by atoms with Crippen LogP contribution in [0.2, 0.25) is 0 Å². The molecule has 0 atom stereocenters. The first kappa shape index (κ1) is 24.6. The van der Waals surface area contributed by atoms with Crippen LogP contribution in [-0.4, -0.2) is 103 Å². The number of aromatic carboxylic acids is 2. The summed E-state index contributed by atoms with van der Waals surface area (Å²) < 4.78 is 10.9. The zero-order valence-corrected chi connectivity index (χ0v) is 20.1. The number of carboxylic acid groups (broad SMARTS) is 2. The van der Waals surface area contributed by atoms with E-state index in [1.165, 1.54) is 12.1 Å². The molecule has 2 aromatic rings. The Morgan fingerprint density at radius 3 is 1.97 bits per heavy atom. The first-order valence-electron chi connectivity index (χ1n) is 12.4. The molecule has 0 radical (unpaired) electrons. The number of ketones is 1. The number of fused-ring (bicyclic) bond motifs is 3. The summed E-state index contributed by atoms with van der Waals surface area (Å²) in [6.45, 7) is 7.03. The summed E-state index contributed by atoms with van der Waals surface area (Å²) in [5.74, 6) is -2.45. The van der Waals surface area contributed by atoms with Gasteiger partial charge in [-0.25, -0.2) is 9.59 Å². The van der Waals surface area contributed by atoms with Gasteiger partial charge in [-0.05, 0) is 53.3 Å². The van der Waals surface area contributed by atoms with Gasteiger partial charge >= 0.3 is 11.9 Å². The minimum absolute atomic E-state index is 0.0378. The Morgan fingerprint density at radius 1 is 0.778 bits per heavy atom. The fourth-order valence-corrected chi connectivity index (χ4v) is 5.42. The molecule has 3 aliphatic rings. The van der Waals surface area contributed by atoms with Gasteiger partial charge in [0.05, 0.1) is 37.6 Å². The smallest absolute Gasteiger partial charge is 0.336 e. The number of carbonyl (C=O) groups excluding carboxylic acids is 1. The van der Waals surface area contributed by atoms with Crippen molar-refractivity contribution in [1.29, 1.82) is 0 Å². The maximum Gasteiger partial charge on any atom is 0.336 e. The van der Waals surface area contributed by atoms with Gasteiger partial charge in [0.15, 0.2) is 5.78 Å². The molecule has 0 unspecified atom stereocenters. The molecule has 2 aromatic carbocycles. The molecule has 0 saturated carbocycles. The Kier molecular flexibility index (Phi) is 7.15. The van der Waals surface area contributed by atoms with Gasteiger partial charge in [0.2, 0.25) is 0 Å². The summed E-state index contributed by atoms with van der Waals surface area (Å²) in [4.78, 5) is 42.2. The third-order valence-corrected chi connectivity index (χ3v) is 7.34. The Balaban J connectivity index is 1.57. The van der Waals surface area contributed by atoms with Crippen molar-refractivity contribution in [2.75, 3.05) is 65.7 Å². The van der Waals surface area contributed by atoms with Crippen LogP contribution < -0.4 is 0 Å². The highest BCUT2D eigenvalue weighted by Gasteiger charge is 2.34. The minimum atomic E-state index is -1.11. The van der Waals surface area contributed by atoms with Crippen molar-refractivity contribution < 1.29 is 34.1 Å². The van der Waals surface area contributed by atoms with Crippen molar-refractivity contribution in [3.05, 3.63) is 57.6 Å². The van der Waals surface area contributed by atoms with Crippen LogP contribution in [-0.2, 0) is 22.3 Å². The van der Waals surface area contributed by atoms with E-state index >= 15 is 0 Å². The first-order chi connectivity index (χ1) is 17.4. The molecule has 190 valence electrons. The summed E-state index contributed by atoms with van der Waals surface area (Å²) in [5, 5.41) is 19.8. The van der Waals surface area contributed by atoms with Gasteiger partial charge in [-0.2, -0.15) is 0 Å². The number of carbonyl (C=O) groups is 3. The maximum atomic E-state index is 13.6. The lowest BCUT2D eigenvalue weighted by atomic mass is 9.88. The van der Waals surface area contributed by atoms with E-state index in [4.69, 9.17) is 9.47 Å². The molecule has 0 spiro atoms. The molecule has 2 N–H and O–H groups in total. The number of rotatable bonds is 8. The zero-order valence-electron chi connectivity index (χ0n) is 20.1. The second kappa shape index (κ2) is 10.5. The van der Waals surface area contributed by atoms with Crippen LogP contribution >= 0.6 is 0 Å². The third-order valence-electron chi connectivity index (χ3n) is 7.34. The number of carboxylic acids is 2. The van der Waals surface area contributed by atoms with E-state index in [9.17, 15) is 24.6 Å². The standard InChI is InChI=1S/C27H30N2O7/c30-25-22-16-18(26(31)32)1-2-19(22)21-15-17(3-5-28-7-11-35-12-8-28)23(27(33)34)20(24(21)25)4-6-29-9-13-36-14-10-29/h1-2,15-16H,3-14H2,(H,31,32)(H,33,34). The molecule has 9 heteroatoms. The SMILES string of the molecule is O=C(O)c1ccc2c(c1)C(=O)c1c-2cc(CCN2CCOCC2)c(C(=O)O)c1CCN1CCOCC1. The molecule has 2 heterocycles. The molecule has 9 nitrogen and oxygen atoms in total. The van der Waals surface area contributed by atoms with Crippen molar-refractivity contribution in [3.63, 3.8) is 0 Å². The molecule has 0 bridgehead atoms. The zero-order chi connectivity index (χ0) is 25.2. The average Bonchev–Trinajstić information content (AvgIpc) is 3.17. The van der Waals surface area contributed by atoms with Gasteiger partial charge in [0.1, 0.15) is 0 Å². The second-order valence-electron chi connectivity index (χ2n) is 9.42. The van der Waals surface area contributed by atoms with Gasteiger partial charge in [0, 0.05) is 50.4 Å². The normalized spacial score (nSPS) is 18.2. The number of ether oxygens (including phenoxy) is 2. The van der Waals surface area contributed by atoms with Crippen LogP contribution in [0.1, 0.15) is 47.8 Å². The fourth-order valence-electron chi connectivity index (χ4n) is 5.42. The van der Waals surface area contributed by atoms with Crippen LogP contribution in [0, 0.1) is 0 Å². The summed E-state index contributed by atoms with van der Waals surface area (Å²) in [6, 6.07) is 6.40. The highest BCUT2D eigenvalue weighted by Crippen LogP contribution is 2.42. The largest absolute Gasteiger partial charge is 0.478 e. The molecule has 2 fully saturated rings. The van der Waals surface area contributed by atoms with Gasteiger partial charge in [-0.3, -0.25) is 14.6 Å². The van der Waals surface area contributed by atoms with Crippen LogP contribution in [0.3, 0.4) is 0 Å². The Morgan fingerprint density at radius 2 is 1.39 bits per heavy atom. The van der Waals surface area contributed by atoms with Gasteiger partial charge in [-0.1, -0.05) is 6.07 Å². The summed E-state index contributed by atoms with van der Waals surface area (Å²) in [6.07, 6.45) is 0.955. The predicted molar refractivity (Wildman–Crippen MR) is 131 cm³/mol. The van der Waals surface area contributed by atoms with Gasteiger partial charge in [0.25, 0.3) is 0 Å². The first-order valence-corrected chi connectivity index (χ1v) is 12.4. The van der Waals surface area contributed by atoms with E-state index in [2.05, 4.69) is 9.80 Å². The predicted octanol–water partition coefficient (Wildman–Crippen LogP) is 2.04. The molecule has 1 aliphatic carbocycles. The molecule has 2 saturated heterocycles. The molecule has 2 aliphatic heterocycles. The quantitative estimate of drug-likeness (QED) is 0.485. The summed E-state index contributed by atoms with van der Waals surface area (Å²) in [5.41, 5.74) is 3.57. The minimum Gasteiger partial charge on any atom is -0.478 e. The second-order valence-corrected chi connectivity index (χ2v) is 9.42. The van der Waals surface area contributed by atoms with E-state index in [0.717, 1.165) is 26.2 Å². The van der Waals surface area contributed by atoms with Crippen LogP contribution in [0.15, 0.2) is 24.3 Å². The molecule has 5 rings (SSSR count). The van der Waals surface area contributed by atoms with Crippen LogP contribution in [0.4, 0.5) is 0 Å². The van der Waals surface area contributed by atoms with Crippen LogP contribution in [0.25, 0.3) is 11.1 Å². The topological polar surface area (TPSA) is 117 Å². The highest BCUT2D eigenvalue weighted by molar-refractivity contribution is 6.24. The number of morpholine rings is 2. The van der Waals surface area contributed by atoms with Gasteiger partial charge < -0.3 is 19.7 Å². The van der Waals surface area contributed by atoms with Crippen molar-refractivity contribution in [1.82, 2.24) is 9.80 Å². The van der Waals surface area contributed by atoms with Crippen molar-refractivity contribution in [2.24, 2.45) is 0 Å². The van der Waals surface area contributed by atoms with E-state index < -0.39 is 11.9 Å². The van der Waals surface area contributed by atoms with E-state index in [1.807, 2.05) is 6.07 Å². The Labute approximate surface area is 209 Å². The maximum absolute atomic E-state index is 13.6. The van der Waals surface area contributed by atoms with E-state index in [0.29, 0.717) is 85.7 Å². The number of benzene rings is 2. The van der Waals surface area contributed by atoms with Crippen molar-refractivity contribution >= 4 is 17.7 Å². The molecular weight excluding hydrogens is 464 g/mol.